The fourth-order valence-corrected chi connectivity index (χ4v) is 3.18. The first-order valence-corrected chi connectivity index (χ1v) is 8.44. The Bertz CT molecular complexity index is 391. The van der Waals surface area contributed by atoms with E-state index in [1.165, 1.54) is 44.2 Å². The summed E-state index contributed by atoms with van der Waals surface area (Å²) in [7, 11) is 1.97. The summed E-state index contributed by atoms with van der Waals surface area (Å²) in [5, 5.41) is 3.16. The van der Waals surface area contributed by atoms with Crippen LogP contribution in [-0.2, 0) is 6.54 Å². The number of ether oxygens (including phenoxy) is 1. The highest BCUT2D eigenvalue weighted by molar-refractivity contribution is 5.27. The Kier molecular flexibility index (Phi) is 7.04. The van der Waals surface area contributed by atoms with Gasteiger partial charge in [-0.15, -0.1) is 0 Å². The molecule has 3 heteroatoms. The molecule has 0 bridgehead atoms. The highest BCUT2D eigenvalue weighted by Gasteiger charge is 2.18. The summed E-state index contributed by atoms with van der Waals surface area (Å²) >= 11 is 0. The van der Waals surface area contributed by atoms with Crippen molar-refractivity contribution in [3.63, 3.8) is 0 Å². The summed E-state index contributed by atoms with van der Waals surface area (Å²) in [6, 6.07) is 9.17. The highest BCUT2D eigenvalue weighted by atomic mass is 16.5. The molecule has 1 heterocycles. The maximum absolute atomic E-state index is 5.91. The van der Waals surface area contributed by atoms with Gasteiger partial charge in [0.25, 0.3) is 0 Å². The average molecular weight is 290 g/mol. The molecule has 118 valence electrons. The van der Waals surface area contributed by atoms with Crippen molar-refractivity contribution in [2.24, 2.45) is 0 Å². The van der Waals surface area contributed by atoms with Crippen LogP contribution in [0.4, 0.5) is 0 Å². The van der Waals surface area contributed by atoms with E-state index < -0.39 is 0 Å². The van der Waals surface area contributed by atoms with E-state index in [-0.39, 0.29) is 0 Å². The van der Waals surface area contributed by atoms with Crippen LogP contribution in [0.2, 0.25) is 0 Å². The van der Waals surface area contributed by atoms with Gasteiger partial charge in [0.1, 0.15) is 12.4 Å². The van der Waals surface area contributed by atoms with Crippen LogP contribution in [0.25, 0.3) is 0 Å². The van der Waals surface area contributed by atoms with Crippen molar-refractivity contribution in [1.82, 2.24) is 10.2 Å². The molecule has 2 rings (SSSR count). The maximum atomic E-state index is 5.91. The third-order valence-corrected chi connectivity index (χ3v) is 4.42. The molecule has 1 aliphatic heterocycles. The number of benzene rings is 1. The molecule has 0 saturated carbocycles. The van der Waals surface area contributed by atoms with Crippen LogP contribution < -0.4 is 10.1 Å². The van der Waals surface area contributed by atoms with Gasteiger partial charge in [-0.05, 0) is 50.6 Å². The minimum atomic E-state index is 0.758. The van der Waals surface area contributed by atoms with Crippen LogP contribution in [0.15, 0.2) is 24.3 Å². The molecule has 0 amide bonds. The van der Waals surface area contributed by atoms with Crippen LogP contribution in [0, 0.1) is 0 Å². The monoisotopic (exact) mass is 290 g/mol. The van der Waals surface area contributed by atoms with Crippen molar-refractivity contribution in [2.75, 3.05) is 26.7 Å². The predicted molar refractivity (Wildman–Crippen MR) is 88.8 cm³/mol. The van der Waals surface area contributed by atoms with E-state index >= 15 is 0 Å². The standard InChI is InChI=1S/C18H30N2O/c1-3-17-7-5-4-6-12-20(17)13-14-21-18-10-8-16(9-11-18)15-19-2/h8-11,17,19H,3-7,12-15H2,1-2H3. The van der Waals surface area contributed by atoms with Crippen molar-refractivity contribution >= 4 is 0 Å². The second-order valence-electron chi connectivity index (χ2n) is 5.97. The second kappa shape index (κ2) is 9.06. The fourth-order valence-electron chi connectivity index (χ4n) is 3.18. The first kappa shape index (κ1) is 16.3. The zero-order valence-electron chi connectivity index (χ0n) is 13.6. The van der Waals surface area contributed by atoms with Crippen LogP contribution in [0.3, 0.4) is 0 Å². The number of nitrogens with zero attached hydrogens (tertiary/aromatic N) is 1. The molecule has 1 aliphatic rings. The van der Waals surface area contributed by atoms with Gasteiger partial charge >= 0.3 is 0 Å². The van der Waals surface area contributed by atoms with E-state index in [0.717, 1.165) is 31.5 Å². The van der Waals surface area contributed by atoms with Gasteiger partial charge in [-0.2, -0.15) is 0 Å². The zero-order chi connectivity index (χ0) is 14.9. The summed E-state index contributed by atoms with van der Waals surface area (Å²) in [6.45, 7) is 6.30. The van der Waals surface area contributed by atoms with E-state index in [1.807, 2.05) is 7.05 Å². The molecular weight excluding hydrogens is 260 g/mol. The molecule has 0 radical (unpaired) electrons. The lowest BCUT2D eigenvalue weighted by Crippen LogP contribution is -2.37. The number of hydrogen-bond donors (Lipinski definition) is 1. The maximum Gasteiger partial charge on any atom is 0.119 e. The van der Waals surface area contributed by atoms with Crippen LogP contribution in [0.1, 0.15) is 44.6 Å². The third kappa shape index (κ3) is 5.33. The molecule has 21 heavy (non-hydrogen) atoms. The van der Waals surface area contributed by atoms with Gasteiger partial charge in [-0.1, -0.05) is 31.9 Å². The molecule has 0 aliphatic carbocycles. The molecule has 1 unspecified atom stereocenters. The highest BCUT2D eigenvalue weighted by Crippen LogP contribution is 2.19. The predicted octanol–water partition coefficient (Wildman–Crippen LogP) is 3.44. The topological polar surface area (TPSA) is 24.5 Å². The quantitative estimate of drug-likeness (QED) is 0.832. The van der Waals surface area contributed by atoms with Gasteiger partial charge in [0.15, 0.2) is 0 Å². The Labute approximate surface area is 129 Å². The summed E-state index contributed by atoms with van der Waals surface area (Å²) in [4.78, 5) is 2.63. The molecule has 0 spiro atoms. The average Bonchev–Trinajstić information content (AvgIpc) is 2.74. The zero-order valence-corrected chi connectivity index (χ0v) is 13.6. The number of rotatable bonds is 7. The summed E-state index contributed by atoms with van der Waals surface area (Å²) in [5.74, 6) is 0.984. The van der Waals surface area contributed by atoms with E-state index in [1.54, 1.807) is 0 Å². The second-order valence-corrected chi connectivity index (χ2v) is 5.97. The Balaban J connectivity index is 1.76. The fraction of sp³-hybridized carbons (Fsp3) is 0.667. The molecule has 1 saturated heterocycles. The molecular formula is C18H30N2O. The van der Waals surface area contributed by atoms with Crippen LogP contribution >= 0.6 is 0 Å². The first-order valence-electron chi connectivity index (χ1n) is 8.44. The van der Waals surface area contributed by atoms with Crippen molar-refractivity contribution in [3.05, 3.63) is 29.8 Å². The van der Waals surface area contributed by atoms with Gasteiger partial charge < -0.3 is 10.1 Å². The lowest BCUT2D eigenvalue weighted by atomic mass is 10.1. The van der Waals surface area contributed by atoms with E-state index in [0.29, 0.717) is 0 Å². The lowest BCUT2D eigenvalue weighted by Gasteiger charge is -2.28. The molecule has 1 atom stereocenters. The molecule has 1 aromatic rings. The normalized spacial score (nSPS) is 20.2. The molecule has 1 fully saturated rings. The summed E-state index contributed by atoms with van der Waals surface area (Å²) in [5.41, 5.74) is 1.29. The van der Waals surface area contributed by atoms with Gasteiger partial charge in [0.05, 0.1) is 0 Å². The van der Waals surface area contributed by atoms with Gasteiger partial charge in [-0.25, -0.2) is 0 Å². The van der Waals surface area contributed by atoms with E-state index in [4.69, 9.17) is 4.74 Å². The lowest BCUT2D eigenvalue weighted by molar-refractivity contribution is 0.158. The Morgan fingerprint density at radius 3 is 2.71 bits per heavy atom. The first-order chi connectivity index (χ1) is 10.3. The minimum Gasteiger partial charge on any atom is -0.492 e. The number of hydrogen-bond acceptors (Lipinski definition) is 3. The summed E-state index contributed by atoms with van der Waals surface area (Å²) < 4.78 is 5.91. The number of likely N-dealkylation sites (tertiary alicyclic amines) is 1. The smallest absolute Gasteiger partial charge is 0.119 e. The van der Waals surface area contributed by atoms with Gasteiger partial charge in [-0.3, -0.25) is 4.90 Å². The minimum absolute atomic E-state index is 0.758. The van der Waals surface area contributed by atoms with Gasteiger partial charge in [0, 0.05) is 19.1 Å². The van der Waals surface area contributed by atoms with Gasteiger partial charge in [0.2, 0.25) is 0 Å². The van der Waals surface area contributed by atoms with E-state index in [2.05, 4.69) is 41.4 Å². The SMILES string of the molecule is CCC1CCCCCN1CCOc1ccc(CNC)cc1. The molecule has 3 nitrogen and oxygen atoms in total. The van der Waals surface area contributed by atoms with Crippen molar-refractivity contribution in [3.8, 4) is 5.75 Å². The Hall–Kier alpha value is -1.06. The van der Waals surface area contributed by atoms with Crippen LogP contribution in [-0.4, -0.2) is 37.7 Å². The Morgan fingerprint density at radius 1 is 1.19 bits per heavy atom. The largest absolute Gasteiger partial charge is 0.492 e. The molecule has 1 aromatic carbocycles. The third-order valence-electron chi connectivity index (χ3n) is 4.42. The number of nitrogens with one attached hydrogen (secondary N) is 1. The van der Waals surface area contributed by atoms with Crippen LogP contribution in [0.5, 0.6) is 5.75 Å². The summed E-state index contributed by atoms with van der Waals surface area (Å²) in [6.07, 6.45) is 6.74. The molecule has 0 aromatic heterocycles. The Morgan fingerprint density at radius 2 is 2.00 bits per heavy atom. The molecule has 1 N–H and O–H groups in total. The van der Waals surface area contributed by atoms with Crippen molar-refractivity contribution in [1.29, 1.82) is 0 Å². The van der Waals surface area contributed by atoms with E-state index in [9.17, 15) is 0 Å². The van der Waals surface area contributed by atoms with Crippen molar-refractivity contribution in [2.45, 2.75) is 51.6 Å². The van der Waals surface area contributed by atoms with Crippen molar-refractivity contribution < 1.29 is 4.74 Å².